The first-order valence-electron chi connectivity index (χ1n) is 8.45. The van der Waals surface area contributed by atoms with E-state index in [0.29, 0.717) is 11.5 Å². The van der Waals surface area contributed by atoms with Gasteiger partial charge in [-0.05, 0) is 44.9 Å². The van der Waals surface area contributed by atoms with Crippen LogP contribution >= 0.6 is 11.3 Å². The highest BCUT2D eigenvalue weighted by Gasteiger charge is 2.27. The molecule has 124 valence electrons. The largest absolute Gasteiger partial charge is 0.357 e. The number of nitrogens with zero attached hydrogens (tertiary/aromatic N) is 2. The summed E-state index contributed by atoms with van der Waals surface area (Å²) in [6.07, 6.45) is 7.93. The molecule has 1 aliphatic carbocycles. The Balaban J connectivity index is 1.82. The van der Waals surface area contributed by atoms with Crippen LogP contribution in [0.2, 0.25) is 0 Å². The van der Waals surface area contributed by atoms with Crippen LogP contribution in [-0.2, 0) is 6.42 Å². The third-order valence-electron chi connectivity index (χ3n) is 4.29. The van der Waals surface area contributed by atoms with E-state index in [2.05, 4.69) is 43.3 Å². The molecule has 1 saturated carbocycles. The fourth-order valence-electron chi connectivity index (χ4n) is 2.84. The number of aromatic nitrogens is 1. The van der Waals surface area contributed by atoms with Crippen LogP contribution in [0.5, 0.6) is 0 Å². The Bertz CT molecular complexity index is 483. The summed E-state index contributed by atoms with van der Waals surface area (Å²) in [5, 5.41) is 8.15. The van der Waals surface area contributed by atoms with Gasteiger partial charge in [-0.15, -0.1) is 11.3 Å². The van der Waals surface area contributed by atoms with Crippen molar-refractivity contribution in [2.24, 2.45) is 10.4 Å². The Hall–Kier alpha value is -1.10. The van der Waals surface area contributed by atoms with Gasteiger partial charge in [0, 0.05) is 36.6 Å². The number of guanidine groups is 1. The van der Waals surface area contributed by atoms with E-state index in [1.54, 1.807) is 11.3 Å². The van der Waals surface area contributed by atoms with Crippen molar-refractivity contribution in [3.63, 3.8) is 0 Å². The molecule has 0 bridgehead atoms. The lowest BCUT2D eigenvalue weighted by atomic mass is 9.75. The van der Waals surface area contributed by atoms with E-state index in [4.69, 9.17) is 4.99 Å². The number of nitrogens with one attached hydrogen (secondary N) is 2. The molecule has 0 atom stereocenters. The zero-order chi connectivity index (χ0) is 16.0. The van der Waals surface area contributed by atoms with Gasteiger partial charge in [0.05, 0.1) is 5.01 Å². The van der Waals surface area contributed by atoms with Gasteiger partial charge in [-0.25, -0.2) is 4.98 Å². The molecule has 1 aromatic rings. The van der Waals surface area contributed by atoms with Gasteiger partial charge < -0.3 is 10.6 Å². The molecule has 22 heavy (non-hydrogen) atoms. The number of hydrogen-bond acceptors (Lipinski definition) is 3. The van der Waals surface area contributed by atoms with E-state index in [-0.39, 0.29) is 0 Å². The van der Waals surface area contributed by atoms with Gasteiger partial charge in [-0.3, -0.25) is 4.99 Å². The maximum Gasteiger partial charge on any atom is 0.191 e. The van der Waals surface area contributed by atoms with Crippen LogP contribution < -0.4 is 10.6 Å². The summed E-state index contributed by atoms with van der Waals surface area (Å²) in [4.78, 5) is 10.4. The van der Waals surface area contributed by atoms with Gasteiger partial charge in [-0.1, -0.05) is 13.8 Å². The minimum Gasteiger partial charge on any atom is -0.357 e. The summed E-state index contributed by atoms with van der Waals surface area (Å²) in [6, 6.07) is 0.563. The van der Waals surface area contributed by atoms with Crippen LogP contribution in [0, 0.1) is 12.3 Å². The fraction of sp³-hybridized carbons (Fsp3) is 0.765. The maximum atomic E-state index is 4.71. The third kappa shape index (κ3) is 5.59. The van der Waals surface area contributed by atoms with Gasteiger partial charge in [0.15, 0.2) is 5.96 Å². The summed E-state index contributed by atoms with van der Waals surface area (Å²) in [5.74, 6) is 0.959. The van der Waals surface area contributed by atoms with Crippen LogP contribution in [0.15, 0.2) is 11.2 Å². The standard InChI is InChI=1S/C17H30N4S/c1-5-18-16(19-11-8-15-20-12-13(2)22-15)21-14-6-9-17(3,4)10-7-14/h12,14H,5-11H2,1-4H3,(H2,18,19,21). The van der Waals surface area contributed by atoms with Crippen molar-refractivity contribution in [2.75, 3.05) is 13.1 Å². The predicted molar refractivity (Wildman–Crippen MR) is 95.7 cm³/mol. The van der Waals surface area contributed by atoms with E-state index >= 15 is 0 Å². The summed E-state index contributed by atoms with van der Waals surface area (Å²) in [7, 11) is 0. The first kappa shape index (κ1) is 17.3. The number of aryl methyl sites for hydroxylation is 1. The molecule has 1 fully saturated rings. The van der Waals surface area contributed by atoms with Crippen molar-refractivity contribution >= 4 is 17.3 Å². The second-order valence-electron chi connectivity index (χ2n) is 6.96. The minimum absolute atomic E-state index is 0.510. The van der Waals surface area contributed by atoms with Crippen LogP contribution in [0.25, 0.3) is 0 Å². The Kier molecular flexibility index (Phi) is 6.24. The summed E-state index contributed by atoms with van der Waals surface area (Å²) < 4.78 is 0. The zero-order valence-electron chi connectivity index (χ0n) is 14.4. The van der Waals surface area contributed by atoms with Crippen molar-refractivity contribution in [2.45, 2.75) is 65.8 Å². The number of hydrogen-bond donors (Lipinski definition) is 2. The average molecular weight is 323 g/mol. The second kappa shape index (κ2) is 7.95. The van der Waals surface area contributed by atoms with Crippen molar-refractivity contribution in [1.29, 1.82) is 0 Å². The second-order valence-corrected chi connectivity index (χ2v) is 8.28. The normalized spacial score (nSPS) is 19.2. The van der Waals surface area contributed by atoms with E-state index < -0.39 is 0 Å². The quantitative estimate of drug-likeness (QED) is 0.644. The predicted octanol–water partition coefficient (Wildman–Crippen LogP) is 3.52. The van der Waals surface area contributed by atoms with Crippen molar-refractivity contribution in [3.05, 3.63) is 16.1 Å². The molecule has 0 radical (unpaired) electrons. The molecule has 2 N–H and O–H groups in total. The summed E-state index contributed by atoms with van der Waals surface area (Å²) in [6.45, 7) is 10.7. The summed E-state index contributed by atoms with van der Waals surface area (Å²) in [5.41, 5.74) is 0.510. The highest BCUT2D eigenvalue weighted by Crippen LogP contribution is 2.34. The van der Waals surface area contributed by atoms with E-state index in [0.717, 1.165) is 25.5 Å². The van der Waals surface area contributed by atoms with Gasteiger partial charge >= 0.3 is 0 Å². The Labute approximate surface area is 138 Å². The molecule has 0 amide bonds. The maximum absolute atomic E-state index is 4.71. The molecule has 1 heterocycles. The number of rotatable bonds is 5. The minimum atomic E-state index is 0.510. The van der Waals surface area contributed by atoms with Crippen molar-refractivity contribution in [1.82, 2.24) is 15.6 Å². The molecule has 0 spiro atoms. The fourth-order valence-corrected chi connectivity index (χ4v) is 3.61. The molecule has 0 aliphatic heterocycles. The van der Waals surface area contributed by atoms with E-state index in [1.807, 2.05) is 6.20 Å². The highest BCUT2D eigenvalue weighted by atomic mass is 32.1. The topological polar surface area (TPSA) is 49.3 Å². The van der Waals surface area contributed by atoms with Crippen LogP contribution in [0.3, 0.4) is 0 Å². The average Bonchev–Trinajstić information content (AvgIpc) is 2.87. The summed E-state index contributed by atoms with van der Waals surface area (Å²) >= 11 is 1.77. The Morgan fingerprint density at radius 3 is 2.73 bits per heavy atom. The molecule has 5 heteroatoms. The lowest BCUT2D eigenvalue weighted by molar-refractivity contribution is 0.216. The number of aliphatic imine (C=N–C) groups is 1. The first-order valence-corrected chi connectivity index (χ1v) is 9.26. The SMILES string of the molecule is CCNC(=NCCc1ncc(C)s1)NC1CCC(C)(C)CC1. The molecule has 0 saturated heterocycles. The third-order valence-corrected chi connectivity index (χ3v) is 5.26. The molecule has 2 rings (SSSR count). The molecule has 1 aliphatic rings. The van der Waals surface area contributed by atoms with Gasteiger partial charge in [0.2, 0.25) is 0 Å². The van der Waals surface area contributed by atoms with Crippen LogP contribution in [0.4, 0.5) is 0 Å². The van der Waals surface area contributed by atoms with Crippen LogP contribution in [0.1, 0.15) is 56.3 Å². The molecule has 0 aromatic carbocycles. The van der Waals surface area contributed by atoms with Gasteiger partial charge in [-0.2, -0.15) is 0 Å². The van der Waals surface area contributed by atoms with Gasteiger partial charge in [0.1, 0.15) is 0 Å². The molecule has 1 aromatic heterocycles. The van der Waals surface area contributed by atoms with Crippen molar-refractivity contribution in [3.8, 4) is 0 Å². The van der Waals surface area contributed by atoms with E-state index in [1.165, 1.54) is 35.6 Å². The Morgan fingerprint density at radius 2 is 2.14 bits per heavy atom. The smallest absolute Gasteiger partial charge is 0.191 e. The highest BCUT2D eigenvalue weighted by molar-refractivity contribution is 7.11. The zero-order valence-corrected chi connectivity index (χ0v) is 15.2. The molecular formula is C17H30N4S. The molecule has 0 unspecified atom stereocenters. The monoisotopic (exact) mass is 322 g/mol. The lowest BCUT2D eigenvalue weighted by Crippen LogP contribution is -2.45. The molecular weight excluding hydrogens is 292 g/mol. The molecule has 4 nitrogen and oxygen atoms in total. The Morgan fingerprint density at radius 1 is 1.41 bits per heavy atom. The van der Waals surface area contributed by atoms with Crippen molar-refractivity contribution < 1.29 is 0 Å². The van der Waals surface area contributed by atoms with Gasteiger partial charge in [0.25, 0.3) is 0 Å². The van der Waals surface area contributed by atoms with Crippen LogP contribution in [-0.4, -0.2) is 30.1 Å². The first-order chi connectivity index (χ1) is 10.5. The van der Waals surface area contributed by atoms with E-state index in [9.17, 15) is 0 Å². The number of thiazole rings is 1. The lowest BCUT2D eigenvalue weighted by Gasteiger charge is -2.35.